The van der Waals surface area contributed by atoms with Crippen molar-refractivity contribution in [1.29, 1.82) is 0 Å². The molecule has 3 heterocycles. The second kappa shape index (κ2) is 4.25. The van der Waals surface area contributed by atoms with Crippen molar-refractivity contribution in [3.8, 4) is 11.4 Å². The summed E-state index contributed by atoms with van der Waals surface area (Å²) >= 11 is 0. The zero-order valence-electron chi connectivity index (χ0n) is 9.68. The number of nitrogens with one attached hydrogen (secondary N) is 1. The van der Waals surface area contributed by atoms with Crippen molar-refractivity contribution in [3.05, 3.63) is 29.9 Å². The third-order valence-corrected chi connectivity index (χ3v) is 3.06. The van der Waals surface area contributed by atoms with Crippen molar-refractivity contribution in [2.24, 2.45) is 0 Å². The van der Waals surface area contributed by atoms with Gasteiger partial charge in [0.15, 0.2) is 0 Å². The Morgan fingerprint density at radius 3 is 3.18 bits per heavy atom. The molecule has 0 spiro atoms. The fraction of sp³-hybridized carbons (Fsp3) is 0.417. The highest BCUT2D eigenvalue weighted by Gasteiger charge is 2.22. The van der Waals surface area contributed by atoms with Crippen LogP contribution in [-0.4, -0.2) is 21.7 Å². The van der Waals surface area contributed by atoms with Gasteiger partial charge in [-0.15, -0.1) is 0 Å². The number of hydrogen-bond donors (Lipinski definition) is 1. The molecule has 1 fully saturated rings. The van der Waals surface area contributed by atoms with Crippen LogP contribution in [0.15, 0.2) is 23.0 Å². The lowest BCUT2D eigenvalue weighted by molar-refractivity contribution is 0.345. The van der Waals surface area contributed by atoms with Gasteiger partial charge in [-0.1, -0.05) is 5.16 Å². The quantitative estimate of drug-likeness (QED) is 0.853. The predicted octanol–water partition coefficient (Wildman–Crippen LogP) is 1.86. The van der Waals surface area contributed by atoms with Crippen molar-refractivity contribution in [1.82, 2.24) is 20.4 Å². The van der Waals surface area contributed by atoms with E-state index in [0.29, 0.717) is 11.7 Å². The van der Waals surface area contributed by atoms with Crippen LogP contribution in [0, 0.1) is 6.92 Å². The first kappa shape index (κ1) is 10.4. The zero-order valence-corrected chi connectivity index (χ0v) is 9.68. The lowest BCUT2D eigenvalue weighted by Gasteiger charge is -2.01. The highest BCUT2D eigenvalue weighted by atomic mass is 16.5. The second-order valence-electron chi connectivity index (χ2n) is 4.30. The summed E-state index contributed by atoms with van der Waals surface area (Å²) in [6.45, 7) is 3.02. The fourth-order valence-corrected chi connectivity index (χ4v) is 2.11. The maximum Gasteiger partial charge on any atom is 0.244 e. The first-order chi connectivity index (χ1) is 8.34. The molecule has 0 bridgehead atoms. The summed E-state index contributed by atoms with van der Waals surface area (Å²) in [6, 6.07) is 2.13. The van der Waals surface area contributed by atoms with E-state index >= 15 is 0 Å². The molecule has 0 saturated carbocycles. The van der Waals surface area contributed by atoms with Crippen molar-refractivity contribution >= 4 is 0 Å². The van der Waals surface area contributed by atoms with Crippen LogP contribution in [0.1, 0.15) is 30.3 Å². The number of rotatable bonds is 2. The Morgan fingerprint density at radius 2 is 2.41 bits per heavy atom. The van der Waals surface area contributed by atoms with Gasteiger partial charge in [-0.05, 0) is 37.9 Å². The molecule has 1 aliphatic rings. The fourth-order valence-electron chi connectivity index (χ4n) is 2.11. The molecule has 1 saturated heterocycles. The maximum atomic E-state index is 5.31. The molecule has 0 aromatic carbocycles. The smallest absolute Gasteiger partial charge is 0.244 e. The standard InChI is InChI=1S/C12H14N4O/c1-8-7-13-6-4-9(8)11-15-12(17-16-11)10-3-2-5-14-10/h4,6-7,10,14H,2-3,5H2,1H3/t10-/m1/s1. The summed E-state index contributed by atoms with van der Waals surface area (Å²) in [5.74, 6) is 1.34. The van der Waals surface area contributed by atoms with Gasteiger partial charge < -0.3 is 9.84 Å². The molecule has 3 rings (SSSR count). The number of pyridine rings is 1. The van der Waals surface area contributed by atoms with Gasteiger partial charge in [0.05, 0.1) is 6.04 Å². The average molecular weight is 230 g/mol. The topological polar surface area (TPSA) is 63.8 Å². The first-order valence-electron chi connectivity index (χ1n) is 5.82. The molecule has 2 aromatic heterocycles. The van der Waals surface area contributed by atoms with E-state index in [2.05, 4.69) is 20.4 Å². The number of hydrogen-bond acceptors (Lipinski definition) is 5. The zero-order chi connectivity index (χ0) is 11.7. The molecule has 0 radical (unpaired) electrons. The molecular formula is C12H14N4O. The minimum atomic E-state index is 0.221. The van der Waals surface area contributed by atoms with E-state index in [1.807, 2.05) is 13.0 Å². The largest absolute Gasteiger partial charge is 0.337 e. The van der Waals surface area contributed by atoms with Crippen LogP contribution in [0.25, 0.3) is 11.4 Å². The van der Waals surface area contributed by atoms with E-state index < -0.39 is 0 Å². The van der Waals surface area contributed by atoms with Crippen molar-refractivity contribution in [2.75, 3.05) is 6.54 Å². The summed E-state index contributed by atoms with van der Waals surface area (Å²) in [7, 11) is 0. The first-order valence-corrected chi connectivity index (χ1v) is 5.82. The Hall–Kier alpha value is -1.75. The van der Waals surface area contributed by atoms with Gasteiger partial charge in [-0.3, -0.25) is 4.98 Å². The number of nitrogens with zero attached hydrogens (tertiary/aromatic N) is 3. The van der Waals surface area contributed by atoms with E-state index in [9.17, 15) is 0 Å². The molecule has 2 aromatic rings. The summed E-state index contributed by atoms with van der Waals surface area (Å²) < 4.78 is 5.31. The lowest BCUT2D eigenvalue weighted by Crippen LogP contribution is -2.12. The molecule has 5 nitrogen and oxygen atoms in total. The van der Waals surface area contributed by atoms with Gasteiger partial charge in [0.2, 0.25) is 11.7 Å². The van der Waals surface area contributed by atoms with Gasteiger partial charge in [0, 0.05) is 18.0 Å². The van der Waals surface area contributed by atoms with Gasteiger partial charge in [-0.2, -0.15) is 4.98 Å². The minimum absolute atomic E-state index is 0.221. The van der Waals surface area contributed by atoms with Crippen LogP contribution in [0.2, 0.25) is 0 Å². The minimum Gasteiger partial charge on any atom is -0.337 e. The molecule has 1 aliphatic heterocycles. The normalized spacial score (nSPS) is 19.7. The Kier molecular flexibility index (Phi) is 2.60. The van der Waals surface area contributed by atoms with Gasteiger partial charge >= 0.3 is 0 Å². The van der Waals surface area contributed by atoms with Gasteiger partial charge in [0.25, 0.3) is 0 Å². The van der Waals surface area contributed by atoms with Crippen molar-refractivity contribution in [2.45, 2.75) is 25.8 Å². The van der Waals surface area contributed by atoms with E-state index in [4.69, 9.17) is 4.52 Å². The summed E-state index contributed by atoms with van der Waals surface area (Å²) in [4.78, 5) is 8.51. The van der Waals surface area contributed by atoms with E-state index in [1.54, 1.807) is 12.4 Å². The molecule has 5 heteroatoms. The Balaban J connectivity index is 1.92. The maximum absolute atomic E-state index is 5.31. The molecule has 0 amide bonds. The molecule has 17 heavy (non-hydrogen) atoms. The van der Waals surface area contributed by atoms with Crippen LogP contribution in [0.5, 0.6) is 0 Å². The van der Waals surface area contributed by atoms with E-state index in [-0.39, 0.29) is 6.04 Å². The molecule has 1 atom stereocenters. The molecule has 88 valence electrons. The van der Waals surface area contributed by atoms with E-state index in [1.165, 1.54) is 0 Å². The Labute approximate surface area is 99.3 Å². The summed E-state index contributed by atoms with van der Waals surface area (Å²) in [5, 5.41) is 7.38. The third kappa shape index (κ3) is 1.93. The summed E-state index contributed by atoms with van der Waals surface area (Å²) in [5.41, 5.74) is 2.03. The molecule has 0 unspecified atom stereocenters. The number of aromatic nitrogens is 3. The van der Waals surface area contributed by atoms with Crippen molar-refractivity contribution in [3.63, 3.8) is 0 Å². The SMILES string of the molecule is Cc1cnccc1-c1noc([C@H]2CCCN2)n1. The van der Waals surface area contributed by atoms with Gasteiger partial charge in [0.1, 0.15) is 0 Å². The lowest BCUT2D eigenvalue weighted by atomic mass is 10.1. The van der Waals surface area contributed by atoms with Crippen LogP contribution < -0.4 is 5.32 Å². The second-order valence-corrected chi connectivity index (χ2v) is 4.30. The predicted molar refractivity (Wildman–Crippen MR) is 62.2 cm³/mol. The number of aryl methyl sites for hydroxylation is 1. The highest BCUT2D eigenvalue weighted by molar-refractivity contribution is 5.57. The summed E-state index contributed by atoms with van der Waals surface area (Å²) in [6.07, 6.45) is 5.78. The van der Waals surface area contributed by atoms with Crippen molar-refractivity contribution < 1.29 is 4.52 Å². The van der Waals surface area contributed by atoms with Crippen LogP contribution in [-0.2, 0) is 0 Å². The van der Waals surface area contributed by atoms with Crippen LogP contribution >= 0.6 is 0 Å². The van der Waals surface area contributed by atoms with Crippen LogP contribution in [0.3, 0.4) is 0 Å². The molecule has 1 N–H and O–H groups in total. The Bertz CT molecular complexity index is 517. The highest BCUT2D eigenvalue weighted by Crippen LogP contribution is 2.25. The van der Waals surface area contributed by atoms with E-state index in [0.717, 1.165) is 30.5 Å². The van der Waals surface area contributed by atoms with Crippen LogP contribution in [0.4, 0.5) is 0 Å². The average Bonchev–Trinajstić information content (AvgIpc) is 3.00. The molecule has 0 aliphatic carbocycles. The Morgan fingerprint density at radius 1 is 1.47 bits per heavy atom. The monoisotopic (exact) mass is 230 g/mol. The third-order valence-electron chi connectivity index (χ3n) is 3.06. The van der Waals surface area contributed by atoms with Gasteiger partial charge in [-0.25, -0.2) is 0 Å². The molecular weight excluding hydrogens is 216 g/mol.